The van der Waals surface area contributed by atoms with Crippen LogP contribution in [-0.2, 0) is 13.1 Å². The highest BCUT2D eigenvalue weighted by Crippen LogP contribution is 1.95. The summed E-state index contributed by atoms with van der Waals surface area (Å²) < 4.78 is 1.83. The summed E-state index contributed by atoms with van der Waals surface area (Å²) in [4.78, 5) is 2.05. The van der Waals surface area contributed by atoms with E-state index in [1.54, 1.807) is 0 Å². The van der Waals surface area contributed by atoms with Crippen molar-refractivity contribution in [3.05, 3.63) is 23.7 Å². The molecule has 5 heteroatoms. The van der Waals surface area contributed by atoms with Gasteiger partial charge in [0.05, 0.1) is 5.69 Å². The SMILES string of the molecule is CC.CC.CCn1cc(CNC/C(C)=C/N(C)C)nn1. The van der Waals surface area contributed by atoms with Gasteiger partial charge in [0.15, 0.2) is 0 Å². The topological polar surface area (TPSA) is 46.0 Å². The van der Waals surface area contributed by atoms with Gasteiger partial charge in [-0.05, 0) is 25.6 Å². The molecule has 0 fully saturated rings. The Hall–Kier alpha value is -1.36. The zero-order chi connectivity index (χ0) is 16.0. The third-order valence-electron chi connectivity index (χ3n) is 2.10. The third-order valence-corrected chi connectivity index (χ3v) is 2.10. The van der Waals surface area contributed by atoms with E-state index >= 15 is 0 Å². The van der Waals surface area contributed by atoms with Crippen LogP contribution in [0, 0.1) is 0 Å². The van der Waals surface area contributed by atoms with Crippen molar-refractivity contribution in [3.8, 4) is 0 Å². The van der Waals surface area contributed by atoms with Gasteiger partial charge in [-0.1, -0.05) is 32.9 Å². The van der Waals surface area contributed by atoms with Crippen molar-refractivity contribution in [1.82, 2.24) is 25.2 Å². The minimum Gasteiger partial charge on any atom is -0.383 e. The molecule has 1 aromatic heterocycles. The van der Waals surface area contributed by atoms with Crippen molar-refractivity contribution in [3.63, 3.8) is 0 Å². The van der Waals surface area contributed by atoms with E-state index in [9.17, 15) is 0 Å². The summed E-state index contributed by atoms with van der Waals surface area (Å²) in [6.07, 6.45) is 4.08. The molecule has 0 aliphatic heterocycles. The Kier molecular flexibility index (Phi) is 14.7. The van der Waals surface area contributed by atoms with E-state index in [1.165, 1.54) is 5.57 Å². The van der Waals surface area contributed by atoms with E-state index in [0.717, 1.165) is 25.3 Å². The van der Waals surface area contributed by atoms with Crippen LogP contribution in [0.5, 0.6) is 0 Å². The number of aromatic nitrogens is 3. The van der Waals surface area contributed by atoms with E-state index in [-0.39, 0.29) is 0 Å². The minimum atomic E-state index is 0.763. The summed E-state index contributed by atoms with van der Waals surface area (Å²) >= 11 is 0. The molecule has 0 aromatic carbocycles. The predicted molar refractivity (Wildman–Crippen MR) is 87.5 cm³/mol. The fraction of sp³-hybridized carbons (Fsp3) is 0.733. The lowest BCUT2D eigenvalue weighted by Crippen LogP contribution is -2.17. The summed E-state index contributed by atoms with van der Waals surface area (Å²) in [5, 5.41) is 11.4. The highest BCUT2D eigenvalue weighted by atomic mass is 15.4. The second-order valence-corrected chi connectivity index (χ2v) is 4.11. The van der Waals surface area contributed by atoms with Crippen molar-refractivity contribution in [1.29, 1.82) is 0 Å². The van der Waals surface area contributed by atoms with Crippen LogP contribution >= 0.6 is 0 Å². The van der Waals surface area contributed by atoms with Gasteiger partial charge in [0.1, 0.15) is 0 Å². The van der Waals surface area contributed by atoms with Gasteiger partial charge in [-0.2, -0.15) is 0 Å². The third kappa shape index (κ3) is 10.6. The Morgan fingerprint density at radius 1 is 1.30 bits per heavy atom. The van der Waals surface area contributed by atoms with E-state index in [4.69, 9.17) is 0 Å². The minimum absolute atomic E-state index is 0.763. The Labute approximate surface area is 125 Å². The molecule has 1 N–H and O–H groups in total. The van der Waals surface area contributed by atoms with Crippen LogP contribution in [0.4, 0.5) is 0 Å². The Bertz CT molecular complexity index is 342. The standard InChI is InChI=1S/C11H21N5.2C2H6/c1-5-16-9-11(13-14-16)7-12-6-10(2)8-15(3)4;2*1-2/h8-9,12H,5-7H2,1-4H3;2*1-2H3/b10-8+;;. The molecule has 0 unspecified atom stereocenters. The molecule has 1 heterocycles. The van der Waals surface area contributed by atoms with E-state index in [0.29, 0.717) is 0 Å². The molecule has 1 rings (SSSR count). The average molecular weight is 283 g/mol. The molecule has 118 valence electrons. The molecule has 0 aliphatic rings. The van der Waals surface area contributed by atoms with Gasteiger partial charge < -0.3 is 10.2 Å². The number of nitrogens with one attached hydrogen (secondary N) is 1. The molecular weight excluding hydrogens is 250 g/mol. The first kappa shape index (κ1) is 20.9. The normalized spacial score (nSPS) is 10.1. The van der Waals surface area contributed by atoms with Gasteiger partial charge in [0, 0.05) is 39.9 Å². The number of hydrogen-bond donors (Lipinski definition) is 1. The molecular formula is C15H33N5. The van der Waals surface area contributed by atoms with Crippen LogP contribution in [0.2, 0.25) is 0 Å². The summed E-state index contributed by atoms with van der Waals surface area (Å²) in [5.41, 5.74) is 2.28. The molecule has 0 aliphatic carbocycles. The lowest BCUT2D eigenvalue weighted by molar-refractivity contribution is 0.553. The summed E-state index contributed by atoms with van der Waals surface area (Å²) in [5.74, 6) is 0. The molecule has 0 saturated carbocycles. The van der Waals surface area contributed by atoms with E-state index < -0.39 is 0 Å². The van der Waals surface area contributed by atoms with Gasteiger partial charge >= 0.3 is 0 Å². The first-order chi connectivity index (χ1) is 9.61. The van der Waals surface area contributed by atoms with Gasteiger partial charge in [-0.25, -0.2) is 0 Å². The molecule has 0 amide bonds. The zero-order valence-corrected chi connectivity index (χ0v) is 14.6. The second kappa shape index (κ2) is 14.1. The molecule has 0 radical (unpaired) electrons. The smallest absolute Gasteiger partial charge is 0.0964 e. The van der Waals surface area contributed by atoms with E-state index in [2.05, 4.69) is 35.7 Å². The highest BCUT2D eigenvalue weighted by Gasteiger charge is 1.98. The Balaban J connectivity index is 0. The number of rotatable bonds is 6. The van der Waals surface area contributed by atoms with Gasteiger partial charge in [0.2, 0.25) is 0 Å². The van der Waals surface area contributed by atoms with E-state index in [1.807, 2.05) is 57.6 Å². The number of hydrogen-bond acceptors (Lipinski definition) is 4. The summed E-state index contributed by atoms with van der Waals surface area (Å²) in [7, 11) is 4.05. The maximum Gasteiger partial charge on any atom is 0.0964 e. The Morgan fingerprint density at radius 2 is 1.90 bits per heavy atom. The predicted octanol–water partition coefficient (Wildman–Crippen LogP) is 2.91. The van der Waals surface area contributed by atoms with Crippen LogP contribution in [0.3, 0.4) is 0 Å². The quantitative estimate of drug-likeness (QED) is 0.872. The van der Waals surface area contributed by atoms with Crippen molar-refractivity contribution in [2.24, 2.45) is 0 Å². The van der Waals surface area contributed by atoms with Crippen molar-refractivity contribution < 1.29 is 0 Å². The van der Waals surface area contributed by atoms with Crippen LogP contribution < -0.4 is 5.32 Å². The van der Waals surface area contributed by atoms with Gasteiger partial charge in [-0.3, -0.25) is 4.68 Å². The number of aryl methyl sites for hydroxylation is 1. The first-order valence-electron chi connectivity index (χ1n) is 7.55. The van der Waals surface area contributed by atoms with Gasteiger partial charge in [0.25, 0.3) is 0 Å². The monoisotopic (exact) mass is 283 g/mol. The molecule has 1 aromatic rings. The molecule has 0 saturated heterocycles. The first-order valence-corrected chi connectivity index (χ1v) is 7.55. The maximum absolute atomic E-state index is 4.07. The maximum atomic E-state index is 4.07. The van der Waals surface area contributed by atoms with Crippen LogP contribution in [0.15, 0.2) is 18.0 Å². The van der Waals surface area contributed by atoms with Crippen molar-refractivity contribution in [2.45, 2.75) is 54.6 Å². The number of nitrogens with zero attached hydrogens (tertiary/aromatic N) is 4. The lowest BCUT2D eigenvalue weighted by atomic mass is 10.3. The van der Waals surface area contributed by atoms with Crippen LogP contribution in [-0.4, -0.2) is 40.5 Å². The van der Waals surface area contributed by atoms with Crippen LogP contribution in [0.1, 0.15) is 47.2 Å². The second-order valence-electron chi connectivity index (χ2n) is 4.11. The fourth-order valence-corrected chi connectivity index (χ4v) is 1.45. The molecule has 5 nitrogen and oxygen atoms in total. The average Bonchev–Trinajstić information content (AvgIpc) is 2.90. The Morgan fingerprint density at radius 3 is 2.35 bits per heavy atom. The van der Waals surface area contributed by atoms with Crippen molar-refractivity contribution in [2.75, 3.05) is 20.6 Å². The van der Waals surface area contributed by atoms with Crippen LogP contribution in [0.25, 0.3) is 0 Å². The van der Waals surface area contributed by atoms with Crippen molar-refractivity contribution >= 4 is 0 Å². The molecule has 0 bridgehead atoms. The molecule has 0 atom stereocenters. The molecule has 0 spiro atoms. The lowest BCUT2D eigenvalue weighted by Gasteiger charge is -2.08. The summed E-state index contributed by atoms with van der Waals surface area (Å²) in [6, 6.07) is 0. The largest absolute Gasteiger partial charge is 0.383 e. The summed E-state index contributed by atoms with van der Waals surface area (Å²) in [6.45, 7) is 14.7. The highest BCUT2D eigenvalue weighted by molar-refractivity contribution is 5.00. The fourth-order valence-electron chi connectivity index (χ4n) is 1.45. The molecule has 20 heavy (non-hydrogen) atoms. The zero-order valence-electron chi connectivity index (χ0n) is 14.6. The van der Waals surface area contributed by atoms with Gasteiger partial charge in [-0.15, -0.1) is 5.10 Å².